The second-order valence-electron chi connectivity index (χ2n) is 4.25. The van der Waals surface area contributed by atoms with Crippen molar-refractivity contribution in [3.05, 3.63) is 71.3 Å². The van der Waals surface area contributed by atoms with Crippen LogP contribution in [0, 0.1) is 0 Å². The molecule has 0 aromatic heterocycles. The molecule has 0 aliphatic carbocycles. The Morgan fingerprint density at radius 1 is 1.00 bits per heavy atom. The van der Waals surface area contributed by atoms with Crippen LogP contribution in [0.3, 0.4) is 0 Å². The molecule has 18 heavy (non-hydrogen) atoms. The number of hydrogen-bond acceptors (Lipinski definition) is 2. The summed E-state index contributed by atoms with van der Waals surface area (Å²) in [6.07, 6.45) is 0.686. The van der Waals surface area contributed by atoms with Crippen LogP contribution in [0.5, 0.6) is 0 Å². The van der Waals surface area contributed by atoms with Crippen molar-refractivity contribution in [2.45, 2.75) is 12.5 Å². The smallest absolute Gasteiger partial charge is 0.249 e. The number of benzene rings is 2. The van der Waals surface area contributed by atoms with E-state index in [9.17, 15) is 4.79 Å². The van der Waals surface area contributed by atoms with Gasteiger partial charge in [-0.2, -0.15) is 0 Å². The molecule has 2 rings (SSSR count). The number of primary amides is 1. The first-order chi connectivity index (χ1) is 8.68. The van der Waals surface area contributed by atoms with Crippen LogP contribution in [-0.4, -0.2) is 5.91 Å². The quantitative estimate of drug-likeness (QED) is 0.858. The molecule has 0 heterocycles. The molecule has 4 N–H and O–H groups in total. The van der Waals surface area contributed by atoms with Crippen LogP contribution in [0.15, 0.2) is 54.6 Å². The molecule has 0 saturated carbocycles. The maximum atomic E-state index is 11.3. The van der Waals surface area contributed by atoms with E-state index >= 15 is 0 Å². The summed E-state index contributed by atoms with van der Waals surface area (Å²) in [5.41, 5.74) is 14.0. The molecule has 0 aliphatic rings. The van der Waals surface area contributed by atoms with Gasteiger partial charge in [-0.3, -0.25) is 4.79 Å². The lowest BCUT2D eigenvalue weighted by Crippen LogP contribution is -2.20. The molecule has 2 aromatic carbocycles. The highest BCUT2D eigenvalue weighted by Crippen LogP contribution is 2.19. The Balaban J connectivity index is 2.24. The molecule has 92 valence electrons. The zero-order valence-electron chi connectivity index (χ0n) is 10.0. The Labute approximate surface area is 106 Å². The van der Waals surface area contributed by atoms with E-state index in [1.54, 1.807) is 12.1 Å². The van der Waals surface area contributed by atoms with Gasteiger partial charge in [-0.25, -0.2) is 0 Å². The van der Waals surface area contributed by atoms with Crippen molar-refractivity contribution in [1.29, 1.82) is 0 Å². The van der Waals surface area contributed by atoms with Gasteiger partial charge in [-0.15, -0.1) is 0 Å². The van der Waals surface area contributed by atoms with Crippen LogP contribution in [0.25, 0.3) is 0 Å². The molecular weight excluding hydrogens is 224 g/mol. The predicted octanol–water partition coefficient (Wildman–Crippen LogP) is 2.03. The molecule has 0 unspecified atom stereocenters. The third kappa shape index (κ3) is 2.76. The Bertz CT molecular complexity index is 537. The number of carbonyl (C=O) groups excluding carboxylic acids is 1. The van der Waals surface area contributed by atoms with E-state index in [4.69, 9.17) is 11.5 Å². The highest BCUT2D eigenvalue weighted by molar-refractivity contribution is 5.94. The molecule has 1 amide bonds. The largest absolute Gasteiger partial charge is 0.366 e. The van der Waals surface area contributed by atoms with E-state index in [1.165, 1.54) is 0 Å². The third-order valence-corrected chi connectivity index (χ3v) is 2.92. The molecule has 2 aromatic rings. The molecule has 0 fully saturated rings. The highest BCUT2D eigenvalue weighted by atomic mass is 16.1. The minimum absolute atomic E-state index is 0.226. The van der Waals surface area contributed by atoms with E-state index in [0.29, 0.717) is 12.0 Å². The Kier molecular flexibility index (Phi) is 3.75. The molecular formula is C15H16N2O. The van der Waals surface area contributed by atoms with Crippen molar-refractivity contribution >= 4 is 5.91 Å². The van der Waals surface area contributed by atoms with Gasteiger partial charge in [0.2, 0.25) is 5.91 Å². The minimum atomic E-state index is -0.436. The lowest BCUT2D eigenvalue weighted by molar-refractivity contribution is 0.0999. The summed E-state index contributed by atoms with van der Waals surface area (Å²) in [5, 5.41) is 0. The second-order valence-corrected chi connectivity index (χ2v) is 4.25. The summed E-state index contributed by atoms with van der Waals surface area (Å²) < 4.78 is 0. The van der Waals surface area contributed by atoms with Crippen LogP contribution in [-0.2, 0) is 6.42 Å². The zero-order valence-corrected chi connectivity index (χ0v) is 10.0. The summed E-state index contributed by atoms with van der Waals surface area (Å²) >= 11 is 0. The minimum Gasteiger partial charge on any atom is -0.366 e. The Morgan fingerprint density at radius 3 is 2.28 bits per heavy atom. The van der Waals surface area contributed by atoms with Crippen LogP contribution in [0.4, 0.5) is 0 Å². The monoisotopic (exact) mass is 240 g/mol. The normalized spacial score (nSPS) is 12.1. The summed E-state index contributed by atoms with van der Waals surface area (Å²) in [6.45, 7) is 0. The number of rotatable bonds is 4. The number of nitrogens with two attached hydrogens (primary N) is 2. The van der Waals surface area contributed by atoms with Gasteiger partial charge in [-0.1, -0.05) is 48.5 Å². The summed E-state index contributed by atoms with van der Waals surface area (Å²) in [5.74, 6) is -0.436. The molecule has 3 nitrogen and oxygen atoms in total. The highest BCUT2D eigenvalue weighted by Gasteiger charge is 2.14. The van der Waals surface area contributed by atoms with E-state index < -0.39 is 5.91 Å². The fourth-order valence-corrected chi connectivity index (χ4v) is 2.02. The number of amides is 1. The van der Waals surface area contributed by atoms with Crippen molar-refractivity contribution in [3.63, 3.8) is 0 Å². The van der Waals surface area contributed by atoms with Crippen LogP contribution in [0.1, 0.15) is 27.5 Å². The zero-order chi connectivity index (χ0) is 13.0. The van der Waals surface area contributed by atoms with Gasteiger partial charge in [0, 0.05) is 11.6 Å². The molecule has 0 aliphatic heterocycles. The van der Waals surface area contributed by atoms with Crippen molar-refractivity contribution in [2.75, 3.05) is 0 Å². The first-order valence-corrected chi connectivity index (χ1v) is 5.86. The second kappa shape index (κ2) is 5.47. The van der Waals surface area contributed by atoms with Crippen molar-refractivity contribution in [1.82, 2.24) is 0 Å². The Morgan fingerprint density at radius 2 is 1.61 bits per heavy atom. The van der Waals surface area contributed by atoms with E-state index in [0.717, 1.165) is 11.1 Å². The van der Waals surface area contributed by atoms with Gasteiger partial charge in [0.25, 0.3) is 0 Å². The van der Waals surface area contributed by atoms with Gasteiger partial charge in [-0.05, 0) is 23.6 Å². The van der Waals surface area contributed by atoms with Crippen molar-refractivity contribution in [2.24, 2.45) is 11.5 Å². The molecule has 0 radical (unpaired) electrons. The fourth-order valence-electron chi connectivity index (χ4n) is 2.02. The van der Waals surface area contributed by atoms with Gasteiger partial charge in [0.15, 0.2) is 0 Å². The maximum absolute atomic E-state index is 11.3. The third-order valence-electron chi connectivity index (χ3n) is 2.92. The topological polar surface area (TPSA) is 69.1 Å². The summed E-state index contributed by atoms with van der Waals surface area (Å²) in [6, 6.07) is 17.0. The SMILES string of the molecule is NC(=O)c1ccccc1[C@@H](N)Cc1ccccc1. The van der Waals surface area contributed by atoms with Crippen molar-refractivity contribution in [3.8, 4) is 0 Å². The van der Waals surface area contributed by atoms with Gasteiger partial charge in [0.05, 0.1) is 0 Å². The van der Waals surface area contributed by atoms with E-state index in [1.807, 2.05) is 42.5 Å². The first kappa shape index (κ1) is 12.3. The number of hydrogen-bond donors (Lipinski definition) is 2. The number of carbonyl (C=O) groups is 1. The lowest BCUT2D eigenvalue weighted by Gasteiger charge is -2.15. The summed E-state index contributed by atoms with van der Waals surface area (Å²) in [7, 11) is 0. The molecule has 0 spiro atoms. The Hall–Kier alpha value is -2.13. The van der Waals surface area contributed by atoms with Crippen LogP contribution >= 0.6 is 0 Å². The van der Waals surface area contributed by atoms with Gasteiger partial charge in [0.1, 0.15) is 0 Å². The van der Waals surface area contributed by atoms with Crippen molar-refractivity contribution < 1.29 is 4.79 Å². The average molecular weight is 240 g/mol. The fraction of sp³-hybridized carbons (Fsp3) is 0.133. The van der Waals surface area contributed by atoms with Crippen LogP contribution < -0.4 is 11.5 Å². The molecule has 0 saturated heterocycles. The summed E-state index contributed by atoms with van der Waals surface area (Å²) in [4.78, 5) is 11.3. The van der Waals surface area contributed by atoms with E-state index in [-0.39, 0.29) is 6.04 Å². The maximum Gasteiger partial charge on any atom is 0.249 e. The van der Waals surface area contributed by atoms with Gasteiger partial charge < -0.3 is 11.5 Å². The van der Waals surface area contributed by atoms with Gasteiger partial charge >= 0.3 is 0 Å². The standard InChI is InChI=1S/C15H16N2O/c16-14(10-11-6-2-1-3-7-11)12-8-4-5-9-13(12)15(17)18/h1-9,14H,10,16H2,(H2,17,18)/t14-/m0/s1. The molecule has 0 bridgehead atoms. The lowest BCUT2D eigenvalue weighted by atomic mass is 9.95. The first-order valence-electron chi connectivity index (χ1n) is 5.86. The average Bonchev–Trinajstić information content (AvgIpc) is 2.40. The molecule has 3 heteroatoms. The molecule has 1 atom stereocenters. The van der Waals surface area contributed by atoms with E-state index in [2.05, 4.69) is 0 Å². The predicted molar refractivity (Wildman–Crippen MR) is 72.0 cm³/mol. The van der Waals surface area contributed by atoms with Crippen LogP contribution in [0.2, 0.25) is 0 Å².